The van der Waals surface area contributed by atoms with Gasteiger partial charge in [0, 0.05) is 6.07 Å². The van der Waals surface area contributed by atoms with Gasteiger partial charge in [-0.3, -0.25) is 4.79 Å². The number of anilines is 1. The van der Waals surface area contributed by atoms with E-state index in [4.69, 9.17) is 4.74 Å². The molecule has 0 aliphatic rings. The topological polar surface area (TPSA) is 84.5 Å². The second kappa shape index (κ2) is 8.24. The lowest BCUT2D eigenvalue weighted by molar-refractivity contribution is -0.115. The predicted octanol–water partition coefficient (Wildman–Crippen LogP) is 2.67. The highest BCUT2D eigenvalue weighted by molar-refractivity contribution is 7.89. The molecule has 0 aliphatic carbocycles. The van der Waals surface area contributed by atoms with Crippen molar-refractivity contribution in [2.45, 2.75) is 24.8 Å². The number of benzene rings is 2. The number of halogens is 2. The maximum Gasteiger partial charge on any atom is 0.241 e. The third-order valence-electron chi connectivity index (χ3n) is 3.13. The van der Waals surface area contributed by atoms with Crippen molar-refractivity contribution in [3.8, 4) is 5.75 Å². The molecule has 1 amide bonds. The summed E-state index contributed by atoms with van der Waals surface area (Å²) in [4.78, 5) is 11.7. The maximum atomic E-state index is 13.5. The molecule has 0 fully saturated rings. The van der Waals surface area contributed by atoms with Gasteiger partial charge in [-0.25, -0.2) is 21.9 Å². The first-order chi connectivity index (χ1) is 12.2. The van der Waals surface area contributed by atoms with Crippen molar-refractivity contribution in [3.05, 3.63) is 54.1 Å². The van der Waals surface area contributed by atoms with Crippen LogP contribution in [-0.2, 0) is 14.8 Å². The number of ether oxygens (including phenoxy) is 1. The smallest absolute Gasteiger partial charge is 0.241 e. The second-order valence-electron chi connectivity index (χ2n) is 5.63. The monoisotopic (exact) mass is 384 g/mol. The van der Waals surface area contributed by atoms with Gasteiger partial charge in [0.1, 0.15) is 17.4 Å². The number of rotatable bonds is 7. The van der Waals surface area contributed by atoms with Gasteiger partial charge in [0.2, 0.25) is 15.9 Å². The molecule has 2 aromatic rings. The highest BCUT2D eigenvalue weighted by Gasteiger charge is 2.16. The van der Waals surface area contributed by atoms with E-state index in [1.54, 1.807) is 0 Å². The Balaban J connectivity index is 1.97. The van der Waals surface area contributed by atoms with Gasteiger partial charge in [0.15, 0.2) is 0 Å². The number of carbonyl (C=O) groups excluding carboxylic acids is 1. The van der Waals surface area contributed by atoms with Crippen molar-refractivity contribution in [2.24, 2.45) is 0 Å². The number of hydrogen-bond acceptors (Lipinski definition) is 4. The normalized spacial score (nSPS) is 11.4. The zero-order valence-electron chi connectivity index (χ0n) is 14.1. The highest BCUT2D eigenvalue weighted by atomic mass is 32.2. The van der Waals surface area contributed by atoms with E-state index < -0.39 is 34.1 Å². The minimum atomic E-state index is -3.93. The van der Waals surface area contributed by atoms with Crippen molar-refractivity contribution >= 4 is 21.6 Å². The van der Waals surface area contributed by atoms with Gasteiger partial charge in [-0.05, 0) is 50.2 Å². The largest absolute Gasteiger partial charge is 0.491 e. The third-order valence-corrected chi connectivity index (χ3v) is 4.55. The summed E-state index contributed by atoms with van der Waals surface area (Å²) in [6.07, 6.45) is -0.0499. The second-order valence-corrected chi connectivity index (χ2v) is 7.40. The minimum absolute atomic E-state index is 0.0469. The number of carbonyl (C=O) groups is 1. The summed E-state index contributed by atoms with van der Waals surface area (Å²) in [6, 6.07) is 8.33. The van der Waals surface area contributed by atoms with Gasteiger partial charge in [0.25, 0.3) is 0 Å². The summed E-state index contributed by atoms with van der Waals surface area (Å²) >= 11 is 0. The molecule has 9 heteroatoms. The summed E-state index contributed by atoms with van der Waals surface area (Å²) in [7, 11) is -3.93. The molecule has 0 aliphatic heterocycles. The Morgan fingerprint density at radius 3 is 2.35 bits per heavy atom. The molecule has 0 aromatic heterocycles. The van der Waals surface area contributed by atoms with Gasteiger partial charge in [-0.1, -0.05) is 0 Å². The molecule has 26 heavy (non-hydrogen) atoms. The van der Waals surface area contributed by atoms with Crippen LogP contribution >= 0.6 is 0 Å². The molecule has 0 heterocycles. The first-order valence-electron chi connectivity index (χ1n) is 7.68. The fourth-order valence-corrected chi connectivity index (χ4v) is 2.98. The summed E-state index contributed by atoms with van der Waals surface area (Å²) in [6.45, 7) is 3.08. The fraction of sp³-hybridized carbons (Fsp3) is 0.235. The van der Waals surface area contributed by atoms with Crippen LogP contribution in [0.3, 0.4) is 0 Å². The molecular formula is C17H18F2N2O4S. The Morgan fingerprint density at radius 2 is 1.77 bits per heavy atom. The lowest BCUT2D eigenvalue weighted by Gasteiger charge is -2.11. The minimum Gasteiger partial charge on any atom is -0.491 e. The maximum absolute atomic E-state index is 13.5. The standard InChI is InChI=1S/C17H18F2N2O4S/c1-11(2)25-13-4-6-14(7-5-13)26(23,24)20-10-17(22)21-16-8-3-12(18)9-15(16)19/h3-9,11,20H,10H2,1-2H3,(H,21,22). The molecule has 0 spiro atoms. The van der Waals surface area contributed by atoms with E-state index in [0.717, 1.165) is 12.1 Å². The summed E-state index contributed by atoms with van der Waals surface area (Å²) in [5, 5.41) is 2.16. The molecule has 2 rings (SSSR count). The lowest BCUT2D eigenvalue weighted by Crippen LogP contribution is -2.33. The number of amides is 1. The molecule has 0 saturated heterocycles. The molecule has 0 unspecified atom stereocenters. The van der Waals surface area contributed by atoms with E-state index in [0.29, 0.717) is 11.8 Å². The van der Waals surface area contributed by atoms with Crippen LogP contribution in [0.2, 0.25) is 0 Å². The van der Waals surface area contributed by atoms with E-state index in [2.05, 4.69) is 10.0 Å². The molecule has 0 saturated carbocycles. The summed E-state index contributed by atoms with van der Waals surface area (Å²) in [5.41, 5.74) is -0.245. The molecular weight excluding hydrogens is 366 g/mol. The van der Waals surface area contributed by atoms with E-state index in [1.807, 2.05) is 13.8 Å². The number of sulfonamides is 1. The van der Waals surface area contributed by atoms with Crippen LogP contribution in [0.1, 0.15) is 13.8 Å². The fourth-order valence-electron chi connectivity index (χ4n) is 2.00. The number of hydrogen-bond donors (Lipinski definition) is 2. The number of nitrogens with one attached hydrogen (secondary N) is 2. The van der Waals surface area contributed by atoms with Crippen LogP contribution in [0, 0.1) is 11.6 Å². The molecule has 140 valence electrons. The summed E-state index contributed by atoms with van der Waals surface area (Å²) < 4.78 is 58.2. The van der Waals surface area contributed by atoms with Crippen LogP contribution in [0.5, 0.6) is 5.75 Å². The van der Waals surface area contributed by atoms with Crippen LogP contribution in [-0.4, -0.2) is 27.0 Å². The van der Waals surface area contributed by atoms with Gasteiger partial charge < -0.3 is 10.1 Å². The first-order valence-corrected chi connectivity index (χ1v) is 9.17. The molecule has 0 atom stereocenters. The average molecular weight is 384 g/mol. The van der Waals surface area contributed by atoms with Gasteiger partial charge in [-0.15, -0.1) is 0 Å². The molecule has 0 radical (unpaired) electrons. The van der Waals surface area contributed by atoms with Crippen LogP contribution in [0.25, 0.3) is 0 Å². The SMILES string of the molecule is CC(C)Oc1ccc(S(=O)(=O)NCC(=O)Nc2ccc(F)cc2F)cc1. The Bertz CT molecular complexity index is 884. The Morgan fingerprint density at radius 1 is 1.12 bits per heavy atom. The van der Waals surface area contributed by atoms with Crippen LogP contribution in [0.15, 0.2) is 47.4 Å². The van der Waals surface area contributed by atoms with E-state index in [1.165, 1.54) is 24.3 Å². The predicted molar refractivity (Wildman–Crippen MR) is 92.4 cm³/mol. The molecule has 2 N–H and O–H groups in total. The highest BCUT2D eigenvalue weighted by Crippen LogP contribution is 2.17. The third kappa shape index (κ3) is 5.50. The van der Waals surface area contributed by atoms with Crippen molar-refractivity contribution in [3.63, 3.8) is 0 Å². The molecule has 6 nitrogen and oxygen atoms in total. The summed E-state index contributed by atoms with van der Waals surface area (Å²) in [5.74, 6) is -2.02. The Labute approximate surface area is 150 Å². The Kier molecular flexibility index (Phi) is 6.27. The van der Waals surface area contributed by atoms with Crippen molar-refractivity contribution < 1.29 is 26.7 Å². The van der Waals surface area contributed by atoms with Crippen LogP contribution in [0.4, 0.5) is 14.5 Å². The van der Waals surface area contributed by atoms with Crippen molar-refractivity contribution in [1.29, 1.82) is 0 Å². The van der Waals surface area contributed by atoms with Crippen molar-refractivity contribution in [2.75, 3.05) is 11.9 Å². The van der Waals surface area contributed by atoms with E-state index in [-0.39, 0.29) is 16.7 Å². The van der Waals surface area contributed by atoms with Gasteiger partial charge in [-0.2, -0.15) is 0 Å². The zero-order valence-corrected chi connectivity index (χ0v) is 14.9. The van der Waals surface area contributed by atoms with E-state index in [9.17, 15) is 22.0 Å². The van der Waals surface area contributed by atoms with Gasteiger partial charge >= 0.3 is 0 Å². The lowest BCUT2D eigenvalue weighted by atomic mass is 10.3. The Hall–Kier alpha value is -2.52. The van der Waals surface area contributed by atoms with Crippen molar-refractivity contribution in [1.82, 2.24) is 4.72 Å². The van der Waals surface area contributed by atoms with E-state index >= 15 is 0 Å². The van der Waals surface area contributed by atoms with Gasteiger partial charge in [0.05, 0.1) is 23.2 Å². The molecule has 0 bridgehead atoms. The average Bonchev–Trinajstić information content (AvgIpc) is 2.56. The quantitative estimate of drug-likeness (QED) is 0.769. The van der Waals surface area contributed by atoms with Crippen LogP contribution < -0.4 is 14.8 Å². The first kappa shape index (κ1) is 19.8. The zero-order chi connectivity index (χ0) is 19.3. The molecule has 2 aromatic carbocycles.